The van der Waals surface area contributed by atoms with E-state index in [0.29, 0.717) is 10.8 Å². The molecule has 1 aromatic rings. The maximum absolute atomic E-state index is 5.83. The molecule has 2 heterocycles. The fourth-order valence-corrected chi connectivity index (χ4v) is 2.97. The van der Waals surface area contributed by atoms with Gasteiger partial charge >= 0.3 is 0 Å². The largest absolute Gasteiger partial charge is 0.399 e. The number of halogens is 1. The summed E-state index contributed by atoms with van der Waals surface area (Å²) in [6.45, 7) is 4.26. The number of nitrogens with one attached hydrogen (secondary N) is 1. The highest BCUT2D eigenvalue weighted by Gasteiger charge is 2.09. The van der Waals surface area contributed by atoms with E-state index in [1.165, 1.54) is 24.6 Å². The molecular weight excluding hydrogens is 256 g/mol. The van der Waals surface area contributed by atoms with Crippen molar-refractivity contribution in [3.63, 3.8) is 0 Å². The number of thioether (sulfide) groups is 1. The summed E-state index contributed by atoms with van der Waals surface area (Å²) in [5, 5.41) is 3.68. The van der Waals surface area contributed by atoms with Gasteiger partial charge < -0.3 is 11.1 Å². The molecule has 2 rings (SSSR count). The molecule has 0 atom stereocenters. The lowest BCUT2D eigenvalue weighted by Crippen LogP contribution is -2.36. The molecular formula is C11H17ClN4S. The smallest absolute Gasteiger partial charge is 0.133 e. The van der Waals surface area contributed by atoms with Crippen LogP contribution in [0.3, 0.4) is 0 Å². The second kappa shape index (κ2) is 6.33. The van der Waals surface area contributed by atoms with Crippen molar-refractivity contribution in [2.45, 2.75) is 0 Å². The lowest BCUT2D eigenvalue weighted by Gasteiger charge is -2.26. The van der Waals surface area contributed by atoms with Crippen LogP contribution in [0.4, 0.5) is 11.5 Å². The fourth-order valence-electron chi connectivity index (χ4n) is 1.77. The maximum Gasteiger partial charge on any atom is 0.133 e. The van der Waals surface area contributed by atoms with Gasteiger partial charge in [0.2, 0.25) is 0 Å². The van der Waals surface area contributed by atoms with Crippen molar-refractivity contribution in [2.24, 2.45) is 0 Å². The summed E-state index contributed by atoms with van der Waals surface area (Å²) in [4.78, 5) is 6.62. The Morgan fingerprint density at radius 3 is 2.88 bits per heavy atom. The van der Waals surface area contributed by atoms with Gasteiger partial charge in [-0.1, -0.05) is 11.6 Å². The van der Waals surface area contributed by atoms with Crippen molar-refractivity contribution in [3.8, 4) is 0 Å². The van der Waals surface area contributed by atoms with E-state index in [4.69, 9.17) is 17.3 Å². The molecule has 1 aliphatic rings. The van der Waals surface area contributed by atoms with Crippen molar-refractivity contribution in [3.05, 3.63) is 17.3 Å². The minimum Gasteiger partial charge on any atom is -0.399 e. The highest BCUT2D eigenvalue weighted by Crippen LogP contribution is 2.15. The van der Waals surface area contributed by atoms with Gasteiger partial charge in [-0.3, -0.25) is 4.90 Å². The third-order valence-electron chi connectivity index (χ3n) is 2.65. The molecule has 0 aromatic carbocycles. The van der Waals surface area contributed by atoms with Crippen LogP contribution >= 0.6 is 23.4 Å². The van der Waals surface area contributed by atoms with Crippen molar-refractivity contribution >= 4 is 34.9 Å². The lowest BCUT2D eigenvalue weighted by molar-refractivity contribution is 0.314. The van der Waals surface area contributed by atoms with E-state index in [9.17, 15) is 0 Å². The van der Waals surface area contributed by atoms with Gasteiger partial charge in [-0.05, 0) is 6.07 Å². The number of nitrogen functional groups attached to an aromatic ring is 1. The summed E-state index contributed by atoms with van der Waals surface area (Å²) in [5.74, 6) is 3.23. The van der Waals surface area contributed by atoms with Gasteiger partial charge in [-0.2, -0.15) is 11.8 Å². The molecule has 0 bridgehead atoms. The summed E-state index contributed by atoms with van der Waals surface area (Å²) in [6, 6.07) is 3.45. The first-order valence-electron chi connectivity index (χ1n) is 5.71. The first kappa shape index (κ1) is 12.8. The Labute approximate surface area is 111 Å². The zero-order valence-corrected chi connectivity index (χ0v) is 11.2. The highest BCUT2D eigenvalue weighted by molar-refractivity contribution is 7.99. The van der Waals surface area contributed by atoms with Crippen LogP contribution in [-0.4, -0.2) is 47.6 Å². The Kier molecular flexibility index (Phi) is 4.76. The topological polar surface area (TPSA) is 54.2 Å². The Hall–Kier alpha value is -0.650. The number of nitrogens with two attached hydrogens (primary N) is 1. The molecule has 1 aromatic heterocycles. The minimum atomic E-state index is 0.432. The predicted molar refractivity (Wildman–Crippen MR) is 75.9 cm³/mol. The van der Waals surface area contributed by atoms with E-state index in [1.807, 2.05) is 11.8 Å². The summed E-state index contributed by atoms with van der Waals surface area (Å²) < 4.78 is 0. The second-order valence-corrected chi connectivity index (χ2v) is 5.60. The van der Waals surface area contributed by atoms with Gasteiger partial charge in [0, 0.05) is 49.4 Å². The van der Waals surface area contributed by atoms with Crippen LogP contribution in [0.25, 0.3) is 0 Å². The highest BCUT2D eigenvalue weighted by atomic mass is 35.5. The fraction of sp³-hybridized carbons (Fsp3) is 0.545. The van der Waals surface area contributed by atoms with Crippen LogP contribution < -0.4 is 11.1 Å². The van der Waals surface area contributed by atoms with Crippen LogP contribution in [0.1, 0.15) is 0 Å². The summed E-state index contributed by atoms with van der Waals surface area (Å²) in [7, 11) is 0. The maximum atomic E-state index is 5.83. The van der Waals surface area contributed by atoms with Gasteiger partial charge in [0.15, 0.2) is 0 Å². The molecule has 1 saturated heterocycles. The third-order valence-corrected chi connectivity index (χ3v) is 3.79. The van der Waals surface area contributed by atoms with Gasteiger partial charge in [0.25, 0.3) is 0 Å². The van der Waals surface area contributed by atoms with E-state index < -0.39 is 0 Å². The number of pyridine rings is 1. The Morgan fingerprint density at radius 2 is 2.18 bits per heavy atom. The SMILES string of the molecule is Nc1cc(Cl)nc(NCCN2CCSCC2)c1. The molecule has 3 N–H and O–H groups in total. The summed E-state index contributed by atoms with van der Waals surface area (Å²) in [5.41, 5.74) is 6.34. The average Bonchev–Trinajstić information content (AvgIpc) is 2.29. The molecule has 0 radical (unpaired) electrons. The zero-order chi connectivity index (χ0) is 12.1. The molecule has 0 unspecified atom stereocenters. The molecule has 0 amide bonds. The van der Waals surface area contributed by atoms with E-state index in [0.717, 1.165) is 18.9 Å². The monoisotopic (exact) mass is 272 g/mol. The molecule has 0 saturated carbocycles. The van der Waals surface area contributed by atoms with Crippen molar-refractivity contribution in [2.75, 3.05) is 48.7 Å². The first-order chi connectivity index (χ1) is 8.24. The molecule has 0 spiro atoms. The third kappa shape index (κ3) is 4.26. The van der Waals surface area contributed by atoms with Crippen LogP contribution in [0.2, 0.25) is 5.15 Å². The Bertz CT molecular complexity index is 348. The van der Waals surface area contributed by atoms with E-state index in [2.05, 4.69) is 15.2 Å². The first-order valence-corrected chi connectivity index (χ1v) is 7.24. The number of hydrogen-bond donors (Lipinski definition) is 2. The van der Waals surface area contributed by atoms with Gasteiger partial charge in [0.1, 0.15) is 11.0 Å². The zero-order valence-electron chi connectivity index (χ0n) is 9.66. The Morgan fingerprint density at radius 1 is 1.41 bits per heavy atom. The van der Waals surface area contributed by atoms with Crippen molar-refractivity contribution in [1.82, 2.24) is 9.88 Å². The summed E-state index contributed by atoms with van der Waals surface area (Å²) in [6.07, 6.45) is 0. The quantitative estimate of drug-likeness (QED) is 0.819. The average molecular weight is 273 g/mol. The molecule has 94 valence electrons. The molecule has 1 aliphatic heterocycles. The van der Waals surface area contributed by atoms with Crippen molar-refractivity contribution in [1.29, 1.82) is 0 Å². The molecule has 0 aliphatic carbocycles. The minimum absolute atomic E-state index is 0.432. The van der Waals surface area contributed by atoms with Crippen LogP contribution in [-0.2, 0) is 0 Å². The lowest BCUT2D eigenvalue weighted by atomic mass is 10.4. The van der Waals surface area contributed by atoms with E-state index >= 15 is 0 Å². The van der Waals surface area contributed by atoms with Crippen LogP contribution in [0.5, 0.6) is 0 Å². The number of rotatable bonds is 4. The van der Waals surface area contributed by atoms with Crippen LogP contribution in [0.15, 0.2) is 12.1 Å². The molecule has 4 nitrogen and oxygen atoms in total. The predicted octanol–water partition coefficient (Wildman–Crippen LogP) is 1.78. The number of anilines is 2. The van der Waals surface area contributed by atoms with E-state index in [1.54, 1.807) is 12.1 Å². The number of aromatic nitrogens is 1. The van der Waals surface area contributed by atoms with Gasteiger partial charge in [-0.25, -0.2) is 4.98 Å². The Balaban J connectivity index is 1.77. The molecule has 6 heteroatoms. The van der Waals surface area contributed by atoms with E-state index in [-0.39, 0.29) is 0 Å². The summed E-state index contributed by atoms with van der Waals surface area (Å²) >= 11 is 7.86. The molecule has 1 fully saturated rings. The normalized spacial score (nSPS) is 17.0. The molecule has 17 heavy (non-hydrogen) atoms. The number of hydrogen-bond acceptors (Lipinski definition) is 5. The standard InChI is InChI=1S/C11H17ClN4S/c12-10-7-9(13)8-11(15-10)14-1-2-16-3-5-17-6-4-16/h7-8H,1-6H2,(H3,13,14,15). The van der Waals surface area contributed by atoms with Crippen molar-refractivity contribution < 1.29 is 0 Å². The number of nitrogens with zero attached hydrogens (tertiary/aromatic N) is 2. The van der Waals surface area contributed by atoms with Gasteiger partial charge in [0.05, 0.1) is 0 Å². The van der Waals surface area contributed by atoms with Crippen LogP contribution in [0, 0.1) is 0 Å². The van der Waals surface area contributed by atoms with Gasteiger partial charge in [-0.15, -0.1) is 0 Å². The second-order valence-electron chi connectivity index (χ2n) is 3.99.